The molecule has 0 bridgehead atoms. The molecule has 84 valence electrons. The van der Waals surface area contributed by atoms with Gasteiger partial charge in [-0.25, -0.2) is 0 Å². The zero-order chi connectivity index (χ0) is 10.6. The molecule has 0 amide bonds. The molecule has 0 radical (unpaired) electrons. The number of halogens is 3. The molecule has 1 aliphatic rings. The number of hydrogen-bond acceptors (Lipinski definition) is 2. The van der Waals surface area contributed by atoms with Crippen LogP contribution in [0.3, 0.4) is 0 Å². The Hall–Kier alpha value is -0.290. The summed E-state index contributed by atoms with van der Waals surface area (Å²) in [5.74, 6) is 0. The Morgan fingerprint density at radius 3 is 2.57 bits per heavy atom. The average molecular weight is 211 g/mol. The van der Waals surface area contributed by atoms with Crippen LogP contribution in [0.2, 0.25) is 0 Å². The summed E-state index contributed by atoms with van der Waals surface area (Å²) in [7, 11) is 0. The van der Waals surface area contributed by atoms with E-state index in [1.54, 1.807) is 0 Å². The van der Waals surface area contributed by atoms with Gasteiger partial charge in [0.05, 0.1) is 0 Å². The Kier molecular flexibility index (Phi) is 4.19. The summed E-state index contributed by atoms with van der Waals surface area (Å²) in [5.41, 5.74) is 0. The summed E-state index contributed by atoms with van der Waals surface area (Å²) < 4.78 is 40.5. The molecule has 5 heteroatoms. The molecule has 1 fully saturated rings. The lowest BCUT2D eigenvalue weighted by molar-refractivity contribution is -0.214. The van der Waals surface area contributed by atoms with E-state index in [9.17, 15) is 13.2 Å². The van der Waals surface area contributed by atoms with E-state index in [-0.39, 0.29) is 6.61 Å². The lowest BCUT2D eigenvalue weighted by Gasteiger charge is -2.16. The largest absolute Gasteiger partial charge is 0.414 e. The summed E-state index contributed by atoms with van der Waals surface area (Å²) in [6.07, 6.45) is -2.86. The Labute approximate surface area is 81.8 Å². The maximum Gasteiger partial charge on any atom is 0.414 e. The highest BCUT2D eigenvalue weighted by molar-refractivity contribution is 4.80. The first-order chi connectivity index (χ1) is 6.50. The molecule has 1 atom stereocenters. The summed E-state index contributed by atoms with van der Waals surface area (Å²) in [6.45, 7) is 1.95. The van der Waals surface area contributed by atoms with Crippen LogP contribution in [0.15, 0.2) is 0 Å². The molecule has 1 unspecified atom stereocenters. The minimum atomic E-state index is -4.23. The predicted molar refractivity (Wildman–Crippen MR) is 47.1 cm³/mol. The monoisotopic (exact) mass is 211 g/mol. The van der Waals surface area contributed by atoms with Gasteiger partial charge in [0.1, 0.15) is 0 Å². The second kappa shape index (κ2) is 4.98. The summed E-state index contributed by atoms with van der Waals surface area (Å²) in [6, 6.07) is 0.607. The molecular formula is C9H16F3NO. The van der Waals surface area contributed by atoms with Crippen LogP contribution < -0.4 is 5.32 Å². The van der Waals surface area contributed by atoms with E-state index in [0.29, 0.717) is 12.5 Å². The van der Waals surface area contributed by atoms with Gasteiger partial charge in [-0.2, -0.15) is 13.2 Å². The van der Waals surface area contributed by atoms with Crippen molar-refractivity contribution < 1.29 is 17.9 Å². The molecule has 1 aliphatic carbocycles. The van der Waals surface area contributed by atoms with Crippen LogP contribution in [-0.2, 0) is 4.74 Å². The summed E-state index contributed by atoms with van der Waals surface area (Å²) >= 11 is 0. The van der Waals surface area contributed by atoms with Crippen LogP contribution in [0, 0.1) is 0 Å². The molecular weight excluding hydrogens is 195 g/mol. The van der Waals surface area contributed by atoms with E-state index in [0.717, 1.165) is 13.5 Å². The van der Waals surface area contributed by atoms with Gasteiger partial charge in [0.2, 0.25) is 0 Å². The van der Waals surface area contributed by atoms with E-state index >= 15 is 0 Å². The molecule has 1 rings (SSSR count). The molecule has 0 heterocycles. The first kappa shape index (κ1) is 11.8. The van der Waals surface area contributed by atoms with Crippen LogP contribution >= 0.6 is 0 Å². The Morgan fingerprint density at radius 2 is 2.07 bits per heavy atom. The van der Waals surface area contributed by atoms with Crippen molar-refractivity contribution in [2.75, 3.05) is 13.2 Å². The van der Waals surface area contributed by atoms with Gasteiger partial charge in [0.15, 0.2) is 6.10 Å². The highest BCUT2D eigenvalue weighted by Gasteiger charge is 2.36. The fraction of sp³-hybridized carbons (Fsp3) is 1.00. The van der Waals surface area contributed by atoms with Gasteiger partial charge in [-0.1, -0.05) is 0 Å². The van der Waals surface area contributed by atoms with Gasteiger partial charge in [-0.05, 0) is 32.7 Å². The van der Waals surface area contributed by atoms with Gasteiger partial charge in [0.25, 0.3) is 0 Å². The number of rotatable bonds is 6. The molecule has 0 aromatic rings. The molecule has 14 heavy (non-hydrogen) atoms. The minimum Gasteiger partial charge on any atom is -0.369 e. The van der Waals surface area contributed by atoms with Gasteiger partial charge in [-0.3, -0.25) is 0 Å². The molecule has 1 saturated carbocycles. The van der Waals surface area contributed by atoms with Crippen molar-refractivity contribution in [2.45, 2.75) is 44.5 Å². The Morgan fingerprint density at radius 1 is 1.43 bits per heavy atom. The van der Waals surface area contributed by atoms with Crippen molar-refractivity contribution in [3.05, 3.63) is 0 Å². The van der Waals surface area contributed by atoms with Gasteiger partial charge in [-0.15, -0.1) is 0 Å². The minimum absolute atomic E-state index is 0.167. The predicted octanol–water partition coefficient (Wildman–Crippen LogP) is 2.10. The first-order valence-electron chi connectivity index (χ1n) is 4.92. The van der Waals surface area contributed by atoms with E-state index in [1.807, 2.05) is 0 Å². The molecule has 0 aromatic heterocycles. The molecule has 2 nitrogen and oxygen atoms in total. The first-order valence-corrected chi connectivity index (χ1v) is 4.92. The average Bonchev–Trinajstić information content (AvgIpc) is 2.85. The summed E-state index contributed by atoms with van der Waals surface area (Å²) in [5, 5.41) is 3.21. The van der Waals surface area contributed by atoms with Crippen LogP contribution in [0.25, 0.3) is 0 Å². The quantitative estimate of drug-likeness (QED) is 0.679. The fourth-order valence-electron chi connectivity index (χ4n) is 1.02. The van der Waals surface area contributed by atoms with Gasteiger partial charge in [0, 0.05) is 12.6 Å². The van der Waals surface area contributed by atoms with E-state index in [1.165, 1.54) is 12.8 Å². The number of ether oxygens (including phenoxy) is 1. The van der Waals surface area contributed by atoms with E-state index in [2.05, 4.69) is 10.1 Å². The topological polar surface area (TPSA) is 21.3 Å². The Bertz CT molecular complexity index is 168. The highest BCUT2D eigenvalue weighted by atomic mass is 19.4. The second-order valence-electron chi connectivity index (χ2n) is 3.64. The standard InChI is InChI=1S/C9H16F3NO/c1-7(9(10,11)12)14-6-2-5-13-8-3-4-8/h7-8,13H,2-6H2,1H3. The van der Waals surface area contributed by atoms with Crippen molar-refractivity contribution in [3.63, 3.8) is 0 Å². The van der Waals surface area contributed by atoms with E-state index < -0.39 is 12.3 Å². The highest BCUT2D eigenvalue weighted by Crippen LogP contribution is 2.22. The van der Waals surface area contributed by atoms with Crippen molar-refractivity contribution >= 4 is 0 Å². The van der Waals surface area contributed by atoms with Crippen molar-refractivity contribution in [1.82, 2.24) is 5.32 Å². The second-order valence-corrected chi connectivity index (χ2v) is 3.64. The zero-order valence-corrected chi connectivity index (χ0v) is 8.23. The van der Waals surface area contributed by atoms with Crippen LogP contribution in [0.4, 0.5) is 13.2 Å². The molecule has 0 aromatic carbocycles. The van der Waals surface area contributed by atoms with Gasteiger partial charge >= 0.3 is 6.18 Å². The third-order valence-corrected chi connectivity index (χ3v) is 2.16. The smallest absolute Gasteiger partial charge is 0.369 e. The lowest BCUT2D eigenvalue weighted by atomic mass is 10.4. The zero-order valence-electron chi connectivity index (χ0n) is 8.23. The van der Waals surface area contributed by atoms with E-state index in [4.69, 9.17) is 0 Å². The molecule has 1 N–H and O–H groups in total. The lowest BCUT2D eigenvalue weighted by Crippen LogP contribution is -2.29. The number of nitrogens with one attached hydrogen (secondary N) is 1. The fourth-order valence-corrected chi connectivity index (χ4v) is 1.02. The molecule has 0 saturated heterocycles. The van der Waals surface area contributed by atoms with Crippen LogP contribution in [0.1, 0.15) is 26.2 Å². The number of alkyl halides is 3. The summed E-state index contributed by atoms with van der Waals surface area (Å²) in [4.78, 5) is 0. The normalized spacial score (nSPS) is 19.7. The third-order valence-electron chi connectivity index (χ3n) is 2.16. The van der Waals surface area contributed by atoms with Crippen LogP contribution in [0.5, 0.6) is 0 Å². The van der Waals surface area contributed by atoms with Crippen molar-refractivity contribution in [3.8, 4) is 0 Å². The maximum absolute atomic E-state index is 12.0. The van der Waals surface area contributed by atoms with Crippen LogP contribution in [-0.4, -0.2) is 31.5 Å². The molecule has 0 spiro atoms. The molecule has 0 aliphatic heterocycles. The van der Waals surface area contributed by atoms with Gasteiger partial charge < -0.3 is 10.1 Å². The Balaban J connectivity index is 1.91. The van der Waals surface area contributed by atoms with Crippen molar-refractivity contribution in [2.24, 2.45) is 0 Å². The number of hydrogen-bond donors (Lipinski definition) is 1. The third kappa shape index (κ3) is 4.81. The maximum atomic E-state index is 12.0. The van der Waals surface area contributed by atoms with Crippen molar-refractivity contribution in [1.29, 1.82) is 0 Å². The SMILES string of the molecule is CC(OCCCNC1CC1)C(F)(F)F.